The molecule has 1 saturated heterocycles. The number of rotatable bonds is 5. The molecule has 1 aromatic carbocycles. The van der Waals surface area contributed by atoms with Gasteiger partial charge in [-0.1, -0.05) is 35.5 Å². The van der Waals surface area contributed by atoms with Gasteiger partial charge in [-0.05, 0) is 5.56 Å². The zero-order chi connectivity index (χ0) is 17.1. The molecule has 7 nitrogen and oxygen atoms in total. The maximum atomic E-state index is 12.4. The van der Waals surface area contributed by atoms with Crippen LogP contribution in [0, 0.1) is 0 Å². The fraction of sp³-hybridized carbons (Fsp3) is 0.250. The van der Waals surface area contributed by atoms with Gasteiger partial charge in [-0.15, -0.1) is 11.8 Å². The molecule has 1 aromatic rings. The number of aliphatic carboxylic acids is 1. The Kier molecular flexibility index (Phi) is 4.66. The summed E-state index contributed by atoms with van der Waals surface area (Å²) in [5.41, 5.74) is 1.30. The second kappa shape index (κ2) is 6.88. The smallest absolute Gasteiger partial charge is 0.353 e. The fourth-order valence-electron chi connectivity index (χ4n) is 2.55. The van der Waals surface area contributed by atoms with E-state index >= 15 is 0 Å². The van der Waals surface area contributed by atoms with Crippen molar-refractivity contribution in [2.75, 3.05) is 12.9 Å². The van der Waals surface area contributed by atoms with Crippen molar-refractivity contribution in [1.29, 1.82) is 0 Å². The number of oxime groups is 1. The molecule has 0 unspecified atom stereocenters. The highest BCUT2D eigenvalue weighted by Crippen LogP contribution is 2.41. The Morgan fingerprint density at radius 1 is 1.38 bits per heavy atom. The number of benzene rings is 1. The number of carbonyl (C=O) groups excluding carboxylic acids is 1. The van der Waals surface area contributed by atoms with Crippen LogP contribution < -0.4 is 0 Å². The van der Waals surface area contributed by atoms with Crippen molar-refractivity contribution < 1.29 is 19.5 Å². The molecule has 0 bridgehead atoms. The van der Waals surface area contributed by atoms with Crippen LogP contribution in [0.5, 0.6) is 0 Å². The minimum absolute atomic E-state index is 0.0456. The molecule has 2 atom stereocenters. The second-order valence-corrected chi connectivity index (χ2v) is 6.24. The summed E-state index contributed by atoms with van der Waals surface area (Å²) in [6.45, 7) is 0. The third-order valence-electron chi connectivity index (χ3n) is 3.67. The molecule has 0 aromatic heterocycles. The summed E-state index contributed by atoms with van der Waals surface area (Å²) in [7, 11) is 1.37. The van der Waals surface area contributed by atoms with Gasteiger partial charge in [0.15, 0.2) is 6.04 Å². The van der Waals surface area contributed by atoms with E-state index in [0.717, 1.165) is 5.56 Å². The first-order chi connectivity index (χ1) is 11.6. The minimum Gasteiger partial charge on any atom is -0.477 e. The Labute approximate surface area is 142 Å². The Balaban J connectivity index is 1.82. The van der Waals surface area contributed by atoms with E-state index in [-0.39, 0.29) is 17.0 Å². The third-order valence-corrected chi connectivity index (χ3v) is 4.96. The molecule has 0 radical (unpaired) electrons. The van der Waals surface area contributed by atoms with Crippen LogP contribution >= 0.6 is 11.8 Å². The van der Waals surface area contributed by atoms with Crippen LogP contribution in [0.3, 0.4) is 0 Å². The first kappa shape index (κ1) is 16.3. The second-order valence-electron chi connectivity index (χ2n) is 5.14. The first-order valence-electron chi connectivity index (χ1n) is 7.19. The predicted molar refractivity (Wildman–Crippen MR) is 91.1 cm³/mol. The number of fused-ring (bicyclic) bond motifs is 1. The van der Waals surface area contributed by atoms with Gasteiger partial charge in [0.05, 0.1) is 6.21 Å². The number of nitrogens with zero attached hydrogens (tertiary/aromatic N) is 3. The molecule has 0 spiro atoms. The van der Waals surface area contributed by atoms with E-state index in [2.05, 4.69) is 15.0 Å². The average molecular weight is 345 g/mol. The van der Waals surface area contributed by atoms with Crippen molar-refractivity contribution in [1.82, 2.24) is 4.90 Å². The normalized spacial score (nSPS) is 23.5. The van der Waals surface area contributed by atoms with Gasteiger partial charge in [-0.3, -0.25) is 14.7 Å². The quantitative estimate of drug-likeness (QED) is 0.494. The molecular formula is C16H15N3O4S. The van der Waals surface area contributed by atoms with E-state index in [1.54, 1.807) is 6.21 Å². The van der Waals surface area contributed by atoms with Crippen LogP contribution in [0.4, 0.5) is 0 Å². The van der Waals surface area contributed by atoms with Gasteiger partial charge in [0, 0.05) is 17.5 Å². The topological polar surface area (TPSA) is 91.6 Å². The number of aliphatic imine (C=N–C) groups is 1. The lowest BCUT2D eigenvalue weighted by atomic mass is 10.0. The standard InChI is InChI=1S/C16H15N3O4S/c1-23-18-8-11-9-24-15-12(14(20)19(15)13(11)16(21)22)17-7-10-5-3-2-4-6-10/h2-8,12,15H,9H2,1H3,(H,21,22)/b17-7+,18-8+/t12-,15-/m1/s1. The molecule has 1 amide bonds. The highest BCUT2D eigenvalue weighted by molar-refractivity contribution is 8.00. The molecule has 3 rings (SSSR count). The average Bonchev–Trinajstić information content (AvgIpc) is 2.60. The number of carboxylic acid groups (broad SMARTS) is 1. The summed E-state index contributed by atoms with van der Waals surface area (Å²) < 4.78 is 0. The predicted octanol–water partition coefficient (Wildman–Crippen LogP) is 1.36. The summed E-state index contributed by atoms with van der Waals surface area (Å²) in [5.74, 6) is -1.04. The zero-order valence-electron chi connectivity index (χ0n) is 12.8. The van der Waals surface area contributed by atoms with E-state index in [4.69, 9.17) is 0 Å². The number of hydrogen-bond acceptors (Lipinski definition) is 6. The molecular weight excluding hydrogens is 330 g/mol. The van der Waals surface area contributed by atoms with Gasteiger partial charge in [0.25, 0.3) is 5.91 Å². The van der Waals surface area contributed by atoms with Crippen LogP contribution in [0.1, 0.15) is 5.56 Å². The lowest BCUT2D eigenvalue weighted by Crippen LogP contribution is -2.64. The van der Waals surface area contributed by atoms with Crippen LogP contribution in [-0.2, 0) is 14.4 Å². The molecule has 1 fully saturated rings. The van der Waals surface area contributed by atoms with Gasteiger partial charge >= 0.3 is 5.97 Å². The first-order valence-corrected chi connectivity index (χ1v) is 8.24. The van der Waals surface area contributed by atoms with E-state index < -0.39 is 12.0 Å². The van der Waals surface area contributed by atoms with E-state index in [1.807, 2.05) is 30.3 Å². The summed E-state index contributed by atoms with van der Waals surface area (Å²) >= 11 is 1.46. The van der Waals surface area contributed by atoms with E-state index in [9.17, 15) is 14.7 Å². The summed E-state index contributed by atoms with van der Waals surface area (Å²) in [6, 6.07) is 8.89. The fourth-order valence-corrected chi connectivity index (χ4v) is 3.84. The molecule has 24 heavy (non-hydrogen) atoms. The van der Waals surface area contributed by atoms with Crippen molar-refractivity contribution in [3.8, 4) is 0 Å². The largest absolute Gasteiger partial charge is 0.477 e. The number of β-lactam (4-membered cyclic amide) rings is 1. The van der Waals surface area contributed by atoms with Gasteiger partial charge in [0.2, 0.25) is 0 Å². The SMILES string of the molecule is CO/N=C/C1=C(C(=O)O)N2C(=O)[C@@H](/N=C/c3ccccc3)[C@H]2SC1. The van der Waals surface area contributed by atoms with Crippen molar-refractivity contribution >= 4 is 36.1 Å². The van der Waals surface area contributed by atoms with Crippen LogP contribution in [-0.4, -0.2) is 58.6 Å². The lowest BCUT2D eigenvalue weighted by Gasteiger charge is -2.47. The Bertz CT molecular complexity index is 745. The van der Waals surface area contributed by atoms with Crippen LogP contribution in [0.25, 0.3) is 0 Å². The zero-order valence-corrected chi connectivity index (χ0v) is 13.6. The van der Waals surface area contributed by atoms with Gasteiger partial charge < -0.3 is 9.94 Å². The highest BCUT2D eigenvalue weighted by atomic mass is 32.2. The van der Waals surface area contributed by atoms with Crippen molar-refractivity contribution in [2.45, 2.75) is 11.4 Å². The number of hydrogen-bond donors (Lipinski definition) is 1. The molecule has 0 saturated carbocycles. The van der Waals surface area contributed by atoms with Gasteiger partial charge in [-0.2, -0.15) is 0 Å². The molecule has 2 heterocycles. The van der Waals surface area contributed by atoms with Crippen LogP contribution in [0.15, 0.2) is 51.8 Å². The number of thioether (sulfide) groups is 1. The highest BCUT2D eigenvalue weighted by Gasteiger charge is 2.53. The molecule has 2 aliphatic heterocycles. The van der Waals surface area contributed by atoms with E-state index in [1.165, 1.54) is 30.0 Å². The maximum Gasteiger partial charge on any atom is 0.353 e. The monoisotopic (exact) mass is 345 g/mol. The third kappa shape index (κ3) is 2.92. The summed E-state index contributed by atoms with van der Waals surface area (Å²) in [4.78, 5) is 34.1. The lowest BCUT2D eigenvalue weighted by molar-refractivity contribution is -0.147. The van der Waals surface area contributed by atoms with Gasteiger partial charge in [-0.25, -0.2) is 4.79 Å². The van der Waals surface area contributed by atoms with Crippen LogP contribution in [0.2, 0.25) is 0 Å². The number of carbonyl (C=O) groups is 2. The number of carboxylic acids is 1. The molecule has 0 aliphatic carbocycles. The Hall–Kier alpha value is -2.61. The summed E-state index contributed by atoms with van der Waals surface area (Å²) in [6.07, 6.45) is 2.98. The maximum absolute atomic E-state index is 12.4. The molecule has 1 N–H and O–H groups in total. The molecule has 124 valence electrons. The Morgan fingerprint density at radius 3 is 2.79 bits per heavy atom. The molecule has 2 aliphatic rings. The van der Waals surface area contributed by atoms with Crippen molar-refractivity contribution in [3.05, 3.63) is 47.2 Å². The summed E-state index contributed by atoms with van der Waals surface area (Å²) in [5, 5.41) is 12.7. The van der Waals surface area contributed by atoms with E-state index in [0.29, 0.717) is 11.3 Å². The number of amides is 1. The van der Waals surface area contributed by atoms with Crippen molar-refractivity contribution in [3.63, 3.8) is 0 Å². The minimum atomic E-state index is -1.16. The van der Waals surface area contributed by atoms with Gasteiger partial charge in [0.1, 0.15) is 18.2 Å². The Morgan fingerprint density at radius 2 is 2.12 bits per heavy atom. The molecule has 8 heteroatoms. The van der Waals surface area contributed by atoms with Crippen molar-refractivity contribution in [2.24, 2.45) is 10.1 Å².